The molecule has 2 N–H and O–H groups in total. The van der Waals surface area contributed by atoms with E-state index in [2.05, 4.69) is 19.2 Å². The van der Waals surface area contributed by atoms with Gasteiger partial charge >= 0.3 is 5.97 Å². The lowest BCUT2D eigenvalue weighted by Gasteiger charge is -2.23. The van der Waals surface area contributed by atoms with Crippen molar-refractivity contribution < 1.29 is 14.7 Å². The molecule has 1 amide bonds. The zero-order valence-electron chi connectivity index (χ0n) is 11.9. The third-order valence-electron chi connectivity index (χ3n) is 3.31. The molecule has 1 rings (SSSR count). The van der Waals surface area contributed by atoms with Crippen LogP contribution in [0.1, 0.15) is 46.0 Å². The standard InChI is InChI=1S/C14H25NO3S/c1-10(2)7-11(8-13(16)17)9-15-14(18)12-5-3-4-6-19-12/h10-12H,3-9H2,1-2H3,(H,15,18)(H,16,17). The summed E-state index contributed by atoms with van der Waals surface area (Å²) in [6, 6.07) is 0. The summed E-state index contributed by atoms with van der Waals surface area (Å²) in [4.78, 5) is 22.8. The summed E-state index contributed by atoms with van der Waals surface area (Å²) < 4.78 is 0. The molecule has 2 atom stereocenters. The fourth-order valence-electron chi connectivity index (χ4n) is 2.46. The topological polar surface area (TPSA) is 66.4 Å². The summed E-state index contributed by atoms with van der Waals surface area (Å²) in [6.07, 6.45) is 4.24. The second-order valence-electron chi connectivity index (χ2n) is 5.69. The molecular weight excluding hydrogens is 262 g/mol. The lowest BCUT2D eigenvalue weighted by molar-refractivity contribution is -0.138. The number of amides is 1. The number of aliphatic carboxylic acids is 1. The van der Waals surface area contributed by atoms with Gasteiger partial charge in [0.1, 0.15) is 0 Å². The molecule has 19 heavy (non-hydrogen) atoms. The van der Waals surface area contributed by atoms with Crippen LogP contribution in [-0.2, 0) is 9.59 Å². The second kappa shape index (κ2) is 8.46. The first-order valence-corrected chi connectivity index (χ1v) is 8.15. The van der Waals surface area contributed by atoms with Crippen molar-refractivity contribution in [2.45, 2.75) is 51.2 Å². The van der Waals surface area contributed by atoms with Crippen molar-refractivity contribution in [3.8, 4) is 0 Å². The van der Waals surface area contributed by atoms with Crippen LogP contribution in [0.3, 0.4) is 0 Å². The van der Waals surface area contributed by atoms with E-state index in [0.29, 0.717) is 12.5 Å². The van der Waals surface area contributed by atoms with Crippen molar-refractivity contribution in [1.29, 1.82) is 0 Å². The van der Waals surface area contributed by atoms with Gasteiger partial charge in [-0.3, -0.25) is 9.59 Å². The number of nitrogens with one attached hydrogen (secondary N) is 1. The van der Waals surface area contributed by atoms with Gasteiger partial charge in [-0.05, 0) is 36.9 Å². The van der Waals surface area contributed by atoms with Gasteiger partial charge in [0.05, 0.1) is 5.25 Å². The van der Waals surface area contributed by atoms with Gasteiger partial charge in [-0.2, -0.15) is 0 Å². The molecule has 0 aromatic carbocycles. The van der Waals surface area contributed by atoms with E-state index in [9.17, 15) is 9.59 Å². The quantitative estimate of drug-likeness (QED) is 0.755. The monoisotopic (exact) mass is 287 g/mol. The number of carboxylic acids is 1. The van der Waals surface area contributed by atoms with Crippen molar-refractivity contribution in [3.63, 3.8) is 0 Å². The summed E-state index contributed by atoms with van der Waals surface area (Å²) in [6.45, 7) is 4.64. The minimum atomic E-state index is -0.785. The van der Waals surface area contributed by atoms with Crippen LogP contribution in [0, 0.1) is 11.8 Å². The minimum absolute atomic E-state index is 0.0371. The fourth-order valence-corrected chi connectivity index (χ4v) is 3.68. The minimum Gasteiger partial charge on any atom is -0.481 e. The van der Waals surface area contributed by atoms with E-state index in [-0.39, 0.29) is 23.5 Å². The van der Waals surface area contributed by atoms with Gasteiger partial charge in [0, 0.05) is 13.0 Å². The molecule has 0 radical (unpaired) electrons. The lowest BCUT2D eigenvalue weighted by atomic mass is 9.94. The zero-order chi connectivity index (χ0) is 14.3. The van der Waals surface area contributed by atoms with Crippen LogP contribution in [0.2, 0.25) is 0 Å². The molecule has 0 aromatic rings. The van der Waals surface area contributed by atoms with Crippen LogP contribution in [0.25, 0.3) is 0 Å². The van der Waals surface area contributed by atoms with Crippen LogP contribution in [0.15, 0.2) is 0 Å². The first-order chi connectivity index (χ1) is 8.99. The Morgan fingerprint density at radius 2 is 2.11 bits per heavy atom. The summed E-state index contributed by atoms with van der Waals surface area (Å²) >= 11 is 1.72. The Labute approximate surface area is 119 Å². The fraction of sp³-hybridized carbons (Fsp3) is 0.857. The summed E-state index contributed by atoms with van der Waals surface area (Å²) in [7, 11) is 0. The summed E-state index contributed by atoms with van der Waals surface area (Å²) in [5.74, 6) is 0.846. The number of carboxylic acid groups (broad SMARTS) is 1. The normalized spacial score (nSPS) is 21.1. The highest BCUT2D eigenvalue weighted by atomic mass is 32.2. The van der Waals surface area contributed by atoms with Crippen molar-refractivity contribution in [3.05, 3.63) is 0 Å². The molecule has 0 saturated carbocycles. The van der Waals surface area contributed by atoms with Crippen molar-refractivity contribution in [1.82, 2.24) is 5.32 Å². The molecule has 1 heterocycles. The van der Waals surface area contributed by atoms with Crippen LogP contribution in [0.5, 0.6) is 0 Å². The Bertz CT molecular complexity index is 301. The zero-order valence-corrected chi connectivity index (χ0v) is 12.7. The van der Waals surface area contributed by atoms with E-state index in [1.165, 1.54) is 6.42 Å². The molecule has 4 nitrogen and oxygen atoms in total. The first-order valence-electron chi connectivity index (χ1n) is 7.10. The van der Waals surface area contributed by atoms with E-state index >= 15 is 0 Å². The molecule has 0 aromatic heterocycles. The number of thioether (sulfide) groups is 1. The van der Waals surface area contributed by atoms with Gasteiger partial charge in [-0.15, -0.1) is 11.8 Å². The van der Waals surface area contributed by atoms with Gasteiger partial charge in [-0.1, -0.05) is 20.3 Å². The number of hydrogen-bond donors (Lipinski definition) is 2. The number of carbonyl (C=O) groups excluding carboxylic acids is 1. The first kappa shape index (κ1) is 16.3. The molecule has 1 fully saturated rings. The van der Waals surface area contributed by atoms with E-state index in [4.69, 9.17) is 5.11 Å². The van der Waals surface area contributed by atoms with Crippen molar-refractivity contribution in [2.24, 2.45) is 11.8 Å². The predicted molar refractivity (Wildman–Crippen MR) is 78.3 cm³/mol. The summed E-state index contributed by atoms with van der Waals surface area (Å²) in [5.41, 5.74) is 0. The highest BCUT2D eigenvalue weighted by Gasteiger charge is 2.23. The second-order valence-corrected chi connectivity index (χ2v) is 7.00. The molecule has 1 aliphatic heterocycles. The Hall–Kier alpha value is -0.710. The van der Waals surface area contributed by atoms with Crippen LogP contribution in [-0.4, -0.2) is 34.5 Å². The molecule has 0 spiro atoms. The number of carbonyl (C=O) groups is 2. The Morgan fingerprint density at radius 1 is 1.37 bits per heavy atom. The molecule has 5 heteroatoms. The van der Waals surface area contributed by atoms with Crippen LogP contribution >= 0.6 is 11.8 Å². The molecular formula is C14H25NO3S. The predicted octanol–water partition coefficient (Wildman–Crippen LogP) is 2.53. The SMILES string of the molecule is CC(C)CC(CNC(=O)C1CCCCS1)CC(=O)O. The average Bonchev–Trinajstić information content (AvgIpc) is 2.35. The van der Waals surface area contributed by atoms with Crippen LogP contribution in [0.4, 0.5) is 0 Å². The highest BCUT2D eigenvalue weighted by Crippen LogP contribution is 2.25. The maximum Gasteiger partial charge on any atom is 0.303 e. The molecule has 110 valence electrons. The maximum atomic E-state index is 12.0. The van der Waals surface area contributed by atoms with E-state index in [1.807, 2.05) is 0 Å². The number of rotatable bonds is 7. The molecule has 2 unspecified atom stereocenters. The largest absolute Gasteiger partial charge is 0.481 e. The van der Waals surface area contributed by atoms with Gasteiger partial charge < -0.3 is 10.4 Å². The molecule has 1 saturated heterocycles. The smallest absolute Gasteiger partial charge is 0.303 e. The Morgan fingerprint density at radius 3 is 2.63 bits per heavy atom. The third kappa shape index (κ3) is 6.85. The third-order valence-corrected chi connectivity index (χ3v) is 4.68. The Kier molecular flexibility index (Phi) is 7.28. The van der Waals surface area contributed by atoms with E-state index in [1.54, 1.807) is 11.8 Å². The van der Waals surface area contributed by atoms with Crippen LogP contribution < -0.4 is 5.32 Å². The van der Waals surface area contributed by atoms with Gasteiger partial charge in [0.2, 0.25) is 5.91 Å². The van der Waals surface area contributed by atoms with E-state index < -0.39 is 5.97 Å². The highest BCUT2D eigenvalue weighted by molar-refractivity contribution is 8.00. The number of hydrogen-bond acceptors (Lipinski definition) is 3. The average molecular weight is 287 g/mol. The Balaban J connectivity index is 2.36. The van der Waals surface area contributed by atoms with Gasteiger partial charge in [-0.25, -0.2) is 0 Å². The maximum absolute atomic E-state index is 12.0. The van der Waals surface area contributed by atoms with E-state index in [0.717, 1.165) is 25.0 Å². The van der Waals surface area contributed by atoms with Crippen molar-refractivity contribution >= 4 is 23.6 Å². The van der Waals surface area contributed by atoms with Crippen molar-refractivity contribution in [2.75, 3.05) is 12.3 Å². The summed E-state index contributed by atoms with van der Waals surface area (Å²) in [5, 5.41) is 11.9. The molecule has 0 aliphatic carbocycles. The van der Waals surface area contributed by atoms with Gasteiger partial charge in [0.15, 0.2) is 0 Å². The molecule has 0 bridgehead atoms. The lowest BCUT2D eigenvalue weighted by Crippen LogP contribution is -2.37. The molecule has 1 aliphatic rings. The van der Waals surface area contributed by atoms with Gasteiger partial charge in [0.25, 0.3) is 0 Å².